The van der Waals surface area contributed by atoms with E-state index in [1.165, 1.54) is 12.1 Å². The van der Waals surface area contributed by atoms with Crippen LogP contribution in [0.1, 0.15) is 18.4 Å². The van der Waals surface area contributed by atoms with Crippen molar-refractivity contribution in [3.8, 4) is 5.75 Å². The fourth-order valence-electron chi connectivity index (χ4n) is 2.16. The number of halogens is 3. The second-order valence-corrected chi connectivity index (χ2v) is 4.93. The molecule has 0 spiro atoms. The summed E-state index contributed by atoms with van der Waals surface area (Å²) in [7, 11) is 0. The minimum Gasteiger partial charge on any atom is -0.484 e. The fourth-order valence-corrected chi connectivity index (χ4v) is 2.16. The van der Waals surface area contributed by atoms with E-state index >= 15 is 0 Å². The minimum absolute atomic E-state index is 0.0294. The molecule has 1 aromatic carbocycles. The molecule has 1 aliphatic heterocycles. The number of nitrogens with one attached hydrogen (secondary N) is 2. The van der Waals surface area contributed by atoms with Crippen LogP contribution in [0.3, 0.4) is 0 Å². The van der Waals surface area contributed by atoms with Gasteiger partial charge in [0.1, 0.15) is 5.75 Å². The van der Waals surface area contributed by atoms with Crippen molar-refractivity contribution in [2.45, 2.75) is 25.1 Å². The van der Waals surface area contributed by atoms with E-state index in [1.54, 1.807) is 0 Å². The molecule has 1 saturated heterocycles. The Morgan fingerprint density at radius 2 is 2.24 bits per heavy atom. The Labute approximate surface area is 120 Å². The summed E-state index contributed by atoms with van der Waals surface area (Å²) in [5, 5.41) is 5.94. The number of hydrogen-bond donors (Lipinski definition) is 2. The number of ether oxygens (including phenoxy) is 1. The van der Waals surface area contributed by atoms with Crippen LogP contribution < -0.4 is 15.4 Å². The second-order valence-electron chi connectivity index (χ2n) is 4.93. The van der Waals surface area contributed by atoms with Crippen molar-refractivity contribution in [3.63, 3.8) is 0 Å². The second kappa shape index (κ2) is 6.80. The SMILES string of the molecule is O=C(COc1cccc(C(F)(F)F)c1)NC1CCCNC1. The number of piperidine rings is 1. The molecule has 1 unspecified atom stereocenters. The van der Waals surface area contributed by atoms with E-state index < -0.39 is 11.7 Å². The Kier molecular flexibility index (Phi) is 5.06. The number of carbonyl (C=O) groups excluding carboxylic acids is 1. The molecule has 1 heterocycles. The molecular formula is C14H17F3N2O2. The third kappa shape index (κ3) is 4.93. The van der Waals surface area contributed by atoms with Gasteiger partial charge in [-0.25, -0.2) is 0 Å². The van der Waals surface area contributed by atoms with E-state index in [9.17, 15) is 18.0 Å². The van der Waals surface area contributed by atoms with Crippen LogP contribution in [0, 0.1) is 0 Å². The highest BCUT2D eigenvalue weighted by atomic mass is 19.4. The molecule has 21 heavy (non-hydrogen) atoms. The summed E-state index contributed by atoms with van der Waals surface area (Å²) in [6.45, 7) is 1.35. The van der Waals surface area contributed by atoms with Crippen molar-refractivity contribution in [2.24, 2.45) is 0 Å². The van der Waals surface area contributed by atoms with Gasteiger partial charge in [-0.3, -0.25) is 4.79 Å². The molecule has 0 radical (unpaired) electrons. The summed E-state index contributed by atoms with van der Waals surface area (Å²) in [6.07, 6.45) is -2.54. The van der Waals surface area contributed by atoms with Crippen molar-refractivity contribution in [3.05, 3.63) is 29.8 Å². The molecule has 1 aromatic rings. The van der Waals surface area contributed by atoms with Crippen LogP contribution in [0.4, 0.5) is 13.2 Å². The first kappa shape index (κ1) is 15.6. The molecule has 0 bridgehead atoms. The number of amides is 1. The van der Waals surface area contributed by atoms with Gasteiger partial charge in [-0.1, -0.05) is 6.07 Å². The van der Waals surface area contributed by atoms with Crippen LogP contribution in [0.2, 0.25) is 0 Å². The van der Waals surface area contributed by atoms with E-state index in [0.29, 0.717) is 6.54 Å². The predicted molar refractivity (Wildman–Crippen MR) is 71.0 cm³/mol. The molecule has 1 atom stereocenters. The molecule has 1 amide bonds. The number of rotatable bonds is 4. The van der Waals surface area contributed by atoms with Crippen molar-refractivity contribution in [1.29, 1.82) is 0 Å². The van der Waals surface area contributed by atoms with E-state index in [1.807, 2.05) is 0 Å². The van der Waals surface area contributed by atoms with Gasteiger partial charge in [0.2, 0.25) is 0 Å². The summed E-state index contributed by atoms with van der Waals surface area (Å²) in [6, 6.07) is 4.54. The smallest absolute Gasteiger partial charge is 0.416 e. The highest BCUT2D eigenvalue weighted by Crippen LogP contribution is 2.31. The first-order valence-electron chi connectivity index (χ1n) is 6.75. The average Bonchev–Trinajstić information content (AvgIpc) is 2.46. The molecule has 2 N–H and O–H groups in total. The van der Waals surface area contributed by atoms with Gasteiger partial charge in [-0.2, -0.15) is 13.2 Å². The normalized spacial score (nSPS) is 19.1. The molecule has 7 heteroatoms. The van der Waals surface area contributed by atoms with Crippen LogP contribution in [0.15, 0.2) is 24.3 Å². The summed E-state index contributed by atoms with van der Waals surface area (Å²) in [4.78, 5) is 11.7. The summed E-state index contributed by atoms with van der Waals surface area (Å²) in [5.74, 6) is -0.303. The number of carbonyl (C=O) groups is 1. The van der Waals surface area contributed by atoms with E-state index in [-0.39, 0.29) is 24.3 Å². The fraction of sp³-hybridized carbons (Fsp3) is 0.500. The zero-order valence-electron chi connectivity index (χ0n) is 11.4. The Morgan fingerprint density at radius 1 is 1.43 bits per heavy atom. The molecule has 0 aromatic heterocycles. The molecule has 0 aliphatic carbocycles. The highest BCUT2D eigenvalue weighted by molar-refractivity contribution is 5.77. The third-order valence-electron chi connectivity index (χ3n) is 3.19. The maximum atomic E-state index is 12.5. The largest absolute Gasteiger partial charge is 0.484 e. The topological polar surface area (TPSA) is 50.4 Å². The van der Waals surface area contributed by atoms with Crippen LogP contribution in [-0.2, 0) is 11.0 Å². The first-order chi connectivity index (χ1) is 9.95. The monoisotopic (exact) mass is 302 g/mol. The van der Waals surface area contributed by atoms with Crippen LogP contribution in [0.5, 0.6) is 5.75 Å². The summed E-state index contributed by atoms with van der Waals surface area (Å²) >= 11 is 0. The van der Waals surface area contributed by atoms with Gasteiger partial charge in [-0.15, -0.1) is 0 Å². The van der Waals surface area contributed by atoms with Crippen LogP contribution >= 0.6 is 0 Å². The molecule has 116 valence electrons. The molecule has 2 rings (SSSR count). The van der Waals surface area contributed by atoms with E-state index in [2.05, 4.69) is 10.6 Å². The molecular weight excluding hydrogens is 285 g/mol. The average molecular weight is 302 g/mol. The molecule has 1 aliphatic rings. The van der Waals surface area contributed by atoms with Gasteiger partial charge in [0.05, 0.1) is 5.56 Å². The highest BCUT2D eigenvalue weighted by Gasteiger charge is 2.30. The quantitative estimate of drug-likeness (QED) is 0.894. The lowest BCUT2D eigenvalue weighted by Crippen LogP contribution is -2.46. The first-order valence-corrected chi connectivity index (χ1v) is 6.75. The number of benzene rings is 1. The van der Waals surface area contributed by atoms with E-state index in [4.69, 9.17) is 4.74 Å². The Morgan fingerprint density at radius 3 is 2.90 bits per heavy atom. The summed E-state index contributed by atoms with van der Waals surface area (Å²) in [5.41, 5.74) is -0.795. The molecule has 4 nitrogen and oxygen atoms in total. The Balaban J connectivity index is 1.83. The molecule has 1 fully saturated rings. The number of alkyl halides is 3. The zero-order chi connectivity index (χ0) is 15.3. The molecule has 0 saturated carbocycles. The third-order valence-corrected chi connectivity index (χ3v) is 3.19. The number of hydrogen-bond acceptors (Lipinski definition) is 3. The summed E-state index contributed by atoms with van der Waals surface area (Å²) < 4.78 is 42.7. The van der Waals surface area contributed by atoms with Gasteiger partial charge in [0.25, 0.3) is 5.91 Å². The van der Waals surface area contributed by atoms with Gasteiger partial charge < -0.3 is 15.4 Å². The van der Waals surface area contributed by atoms with E-state index in [0.717, 1.165) is 31.5 Å². The Bertz CT molecular complexity index is 485. The van der Waals surface area contributed by atoms with Crippen molar-refractivity contribution in [2.75, 3.05) is 19.7 Å². The van der Waals surface area contributed by atoms with Gasteiger partial charge in [0.15, 0.2) is 6.61 Å². The van der Waals surface area contributed by atoms with Gasteiger partial charge >= 0.3 is 6.18 Å². The zero-order valence-corrected chi connectivity index (χ0v) is 11.4. The van der Waals surface area contributed by atoms with Gasteiger partial charge in [-0.05, 0) is 37.6 Å². The van der Waals surface area contributed by atoms with Crippen molar-refractivity contribution >= 4 is 5.91 Å². The van der Waals surface area contributed by atoms with Crippen LogP contribution in [0.25, 0.3) is 0 Å². The Hall–Kier alpha value is -1.76. The maximum absolute atomic E-state index is 12.5. The lowest BCUT2D eigenvalue weighted by atomic mass is 10.1. The lowest BCUT2D eigenvalue weighted by molar-refractivity contribution is -0.137. The minimum atomic E-state index is -4.42. The van der Waals surface area contributed by atoms with Gasteiger partial charge in [0, 0.05) is 12.6 Å². The van der Waals surface area contributed by atoms with Crippen molar-refractivity contribution < 1.29 is 22.7 Å². The maximum Gasteiger partial charge on any atom is 0.416 e. The van der Waals surface area contributed by atoms with Crippen LogP contribution in [-0.4, -0.2) is 31.6 Å². The predicted octanol–water partition coefficient (Wildman–Crippen LogP) is 1.95. The van der Waals surface area contributed by atoms with Crippen molar-refractivity contribution in [1.82, 2.24) is 10.6 Å². The standard InChI is InChI=1S/C14H17F3N2O2/c15-14(16,17)10-3-1-5-12(7-10)21-9-13(20)19-11-4-2-6-18-8-11/h1,3,5,7,11,18H,2,4,6,8-9H2,(H,19,20). The lowest BCUT2D eigenvalue weighted by Gasteiger charge is -2.23.